The summed E-state index contributed by atoms with van der Waals surface area (Å²) >= 11 is 0. The number of ether oxygens (including phenoxy) is 1. The molecule has 0 saturated heterocycles. The van der Waals surface area contributed by atoms with Crippen LogP contribution in [0, 0.1) is 19.7 Å². The highest BCUT2D eigenvalue weighted by Gasteiger charge is 2.09. The molecule has 0 radical (unpaired) electrons. The normalized spacial score (nSPS) is 12.3. The van der Waals surface area contributed by atoms with E-state index in [0.717, 1.165) is 11.1 Å². The molecule has 0 aliphatic carbocycles. The Bertz CT molecular complexity index is 571. The van der Waals surface area contributed by atoms with E-state index in [2.05, 4.69) is 0 Å². The molecule has 100 valence electrons. The minimum atomic E-state index is -0.690. The zero-order valence-corrected chi connectivity index (χ0v) is 11.3. The van der Waals surface area contributed by atoms with Gasteiger partial charge >= 0.3 is 0 Å². The first kappa shape index (κ1) is 13.6. The summed E-state index contributed by atoms with van der Waals surface area (Å²) in [5.41, 5.74) is 2.66. The van der Waals surface area contributed by atoms with Crippen molar-refractivity contribution in [3.8, 4) is 11.5 Å². The summed E-state index contributed by atoms with van der Waals surface area (Å²) in [6, 6.07) is 10.2. The van der Waals surface area contributed by atoms with Gasteiger partial charge in [-0.15, -0.1) is 0 Å². The van der Waals surface area contributed by atoms with Crippen molar-refractivity contribution in [3.05, 3.63) is 58.9 Å². The van der Waals surface area contributed by atoms with E-state index in [0.29, 0.717) is 11.3 Å². The lowest BCUT2D eigenvalue weighted by Gasteiger charge is -2.11. The predicted octanol–water partition coefficient (Wildman–Crippen LogP) is 4.29. The number of rotatable bonds is 3. The van der Waals surface area contributed by atoms with E-state index >= 15 is 0 Å². The molecule has 2 aromatic rings. The zero-order valence-electron chi connectivity index (χ0n) is 11.3. The smallest absolute Gasteiger partial charge is 0.166 e. The summed E-state index contributed by atoms with van der Waals surface area (Å²) in [4.78, 5) is 0. The van der Waals surface area contributed by atoms with Gasteiger partial charge in [0.2, 0.25) is 0 Å². The highest BCUT2D eigenvalue weighted by molar-refractivity contribution is 5.38. The highest BCUT2D eigenvalue weighted by Crippen LogP contribution is 2.28. The number of benzene rings is 2. The Morgan fingerprint density at radius 1 is 1.05 bits per heavy atom. The topological polar surface area (TPSA) is 29.5 Å². The van der Waals surface area contributed by atoms with Crippen LogP contribution in [0.1, 0.15) is 29.7 Å². The number of aliphatic hydroxyl groups is 1. The first-order valence-electron chi connectivity index (χ1n) is 6.19. The maximum atomic E-state index is 13.9. The van der Waals surface area contributed by atoms with Crippen molar-refractivity contribution in [2.75, 3.05) is 0 Å². The summed E-state index contributed by atoms with van der Waals surface area (Å²) in [5.74, 6) is 0.299. The molecular formula is C16H17FO2. The van der Waals surface area contributed by atoms with E-state index in [1.165, 1.54) is 12.1 Å². The lowest BCUT2D eigenvalue weighted by molar-refractivity contribution is 0.198. The van der Waals surface area contributed by atoms with Crippen LogP contribution in [0.5, 0.6) is 11.5 Å². The van der Waals surface area contributed by atoms with Crippen molar-refractivity contribution in [3.63, 3.8) is 0 Å². The molecule has 0 fully saturated rings. The molecule has 2 nitrogen and oxygen atoms in total. The molecular weight excluding hydrogens is 243 g/mol. The van der Waals surface area contributed by atoms with Gasteiger partial charge in [0.05, 0.1) is 6.10 Å². The summed E-state index contributed by atoms with van der Waals surface area (Å²) < 4.78 is 19.4. The molecule has 0 spiro atoms. The van der Waals surface area contributed by atoms with Crippen molar-refractivity contribution in [2.45, 2.75) is 26.9 Å². The van der Waals surface area contributed by atoms with Gasteiger partial charge in [-0.05, 0) is 61.7 Å². The summed E-state index contributed by atoms with van der Waals surface area (Å²) in [6.07, 6.45) is -0.690. The molecule has 2 rings (SSSR count). The van der Waals surface area contributed by atoms with Crippen molar-refractivity contribution >= 4 is 0 Å². The van der Waals surface area contributed by atoms with Gasteiger partial charge in [-0.1, -0.05) is 12.1 Å². The van der Waals surface area contributed by atoms with Crippen LogP contribution < -0.4 is 4.74 Å². The van der Waals surface area contributed by atoms with E-state index < -0.39 is 11.9 Å². The first-order chi connectivity index (χ1) is 8.95. The third kappa shape index (κ3) is 3.32. The fourth-order valence-electron chi connectivity index (χ4n) is 1.98. The molecule has 1 atom stereocenters. The molecule has 1 unspecified atom stereocenters. The lowest BCUT2D eigenvalue weighted by atomic mass is 10.1. The van der Waals surface area contributed by atoms with E-state index in [4.69, 9.17) is 4.74 Å². The predicted molar refractivity (Wildman–Crippen MR) is 73.0 cm³/mol. The Labute approximate surface area is 112 Å². The first-order valence-corrected chi connectivity index (χ1v) is 6.19. The third-order valence-corrected chi connectivity index (χ3v) is 2.86. The molecule has 0 bridgehead atoms. The maximum absolute atomic E-state index is 13.9. The highest BCUT2D eigenvalue weighted by atomic mass is 19.1. The Balaban J connectivity index is 2.28. The Morgan fingerprint density at radius 3 is 2.21 bits per heavy atom. The number of hydrogen-bond donors (Lipinski definition) is 1. The van der Waals surface area contributed by atoms with Gasteiger partial charge in [0.15, 0.2) is 11.6 Å². The molecule has 0 aliphatic heterocycles. The van der Waals surface area contributed by atoms with Gasteiger partial charge in [0.25, 0.3) is 0 Å². The van der Waals surface area contributed by atoms with Crippen LogP contribution in [-0.4, -0.2) is 5.11 Å². The van der Waals surface area contributed by atoms with Gasteiger partial charge in [-0.2, -0.15) is 0 Å². The van der Waals surface area contributed by atoms with Crippen LogP contribution in [-0.2, 0) is 0 Å². The van der Waals surface area contributed by atoms with Crippen LogP contribution in [0.4, 0.5) is 4.39 Å². The van der Waals surface area contributed by atoms with Crippen LogP contribution >= 0.6 is 0 Å². The van der Waals surface area contributed by atoms with Crippen LogP contribution in [0.2, 0.25) is 0 Å². The SMILES string of the molecule is Cc1cc(C)cc(Oc2ccc(C(C)O)cc2F)c1. The van der Waals surface area contributed by atoms with Gasteiger partial charge in [0.1, 0.15) is 5.75 Å². The van der Waals surface area contributed by atoms with Crippen LogP contribution in [0.25, 0.3) is 0 Å². The Morgan fingerprint density at radius 2 is 1.68 bits per heavy atom. The molecule has 3 heteroatoms. The molecule has 1 N–H and O–H groups in total. The standard InChI is InChI=1S/C16H17FO2/c1-10-6-11(2)8-14(7-10)19-16-5-4-13(12(3)18)9-15(16)17/h4-9,12,18H,1-3H3. The molecule has 0 aromatic heterocycles. The van der Waals surface area contributed by atoms with E-state index in [1.54, 1.807) is 13.0 Å². The van der Waals surface area contributed by atoms with E-state index in [-0.39, 0.29) is 5.75 Å². The van der Waals surface area contributed by atoms with Gasteiger partial charge in [-0.25, -0.2) is 4.39 Å². The van der Waals surface area contributed by atoms with Crippen molar-refractivity contribution < 1.29 is 14.2 Å². The van der Waals surface area contributed by atoms with Gasteiger partial charge < -0.3 is 9.84 Å². The minimum absolute atomic E-state index is 0.161. The number of aryl methyl sites for hydroxylation is 2. The number of halogens is 1. The fraction of sp³-hybridized carbons (Fsp3) is 0.250. The number of aliphatic hydroxyl groups excluding tert-OH is 1. The minimum Gasteiger partial charge on any atom is -0.454 e. The largest absolute Gasteiger partial charge is 0.454 e. The Hall–Kier alpha value is -1.87. The second-order valence-electron chi connectivity index (χ2n) is 4.79. The summed E-state index contributed by atoms with van der Waals surface area (Å²) in [6.45, 7) is 5.53. The van der Waals surface area contributed by atoms with Crippen LogP contribution in [0.15, 0.2) is 36.4 Å². The zero-order chi connectivity index (χ0) is 14.0. The van der Waals surface area contributed by atoms with Gasteiger partial charge in [0, 0.05) is 0 Å². The van der Waals surface area contributed by atoms with Gasteiger partial charge in [-0.3, -0.25) is 0 Å². The molecule has 2 aromatic carbocycles. The average Bonchev–Trinajstić information content (AvgIpc) is 2.30. The monoisotopic (exact) mass is 260 g/mol. The van der Waals surface area contributed by atoms with Crippen molar-refractivity contribution in [1.82, 2.24) is 0 Å². The molecule has 0 aliphatic rings. The molecule has 0 saturated carbocycles. The summed E-state index contributed by atoms with van der Waals surface area (Å²) in [5, 5.41) is 9.39. The van der Waals surface area contributed by atoms with Crippen molar-refractivity contribution in [1.29, 1.82) is 0 Å². The van der Waals surface area contributed by atoms with Crippen LogP contribution in [0.3, 0.4) is 0 Å². The average molecular weight is 260 g/mol. The third-order valence-electron chi connectivity index (χ3n) is 2.86. The number of hydrogen-bond acceptors (Lipinski definition) is 2. The quantitative estimate of drug-likeness (QED) is 0.892. The maximum Gasteiger partial charge on any atom is 0.166 e. The summed E-state index contributed by atoms with van der Waals surface area (Å²) in [7, 11) is 0. The van der Waals surface area contributed by atoms with E-state index in [1.807, 2.05) is 32.0 Å². The molecule has 0 heterocycles. The second kappa shape index (κ2) is 5.41. The molecule has 19 heavy (non-hydrogen) atoms. The van der Waals surface area contributed by atoms with E-state index in [9.17, 15) is 9.50 Å². The fourth-order valence-corrected chi connectivity index (χ4v) is 1.98. The molecule has 0 amide bonds. The van der Waals surface area contributed by atoms with Crippen molar-refractivity contribution in [2.24, 2.45) is 0 Å². The second-order valence-corrected chi connectivity index (χ2v) is 4.79. The lowest BCUT2D eigenvalue weighted by Crippen LogP contribution is -1.95. The Kier molecular flexibility index (Phi) is 3.86.